The Balaban J connectivity index is 1.24. The van der Waals surface area contributed by atoms with E-state index in [0.29, 0.717) is 25.0 Å². The smallest absolute Gasteiger partial charge is 0.227 e. The standard InChI is InChI=1S/C26H35N5O/c1-20-17-23(14-16-30(20)19-22-7-4-3-5-8-22)29-26(27-2)28-18-21-10-12-24(13-11-21)31-15-6-9-25(31)32/h3-5,7-8,10-13,20,23H,6,9,14-19H2,1-2H3,(H2,27,28,29). The molecule has 0 saturated carbocycles. The second-order valence-electron chi connectivity index (χ2n) is 8.91. The van der Waals surface area contributed by atoms with E-state index >= 15 is 0 Å². The van der Waals surface area contributed by atoms with Crippen LogP contribution in [0.25, 0.3) is 0 Å². The number of nitrogens with one attached hydrogen (secondary N) is 2. The lowest BCUT2D eigenvalue weighted by Gasteiger charge is -2.38. The van der Waals surface area contributed by atoms with Crippen LogP contribution in [-0.4, -0.2) is 49.0 Å². The average molecular weight is 434 g/mol. The quantitative estimate of drug-likeness (QED) is 0.541. The third-order valence-electron chi connectivity index (χ3n) is 6.59. The zero-order chi connectivity index (χ0) is 22.3. The van der Waals surface area contributed by atoms with Gasteiger partial charge in [0.05, 0.1) is 0 Å². The van der Waals surface area contributed by atoms with Crippen LogP contribution in [0.3, 0.4) is 0 Å². The highest BCUT2D eigenvalue weighted by Gasteiger charge is 2.26. The lowest BCUT2D eigenvalue weighted by atomic mass is 9.97. The Hall–Kier alpha value is -2.86. The molecule has 2 N–H and O–H groups in total. The first-order valence-corrected chi connectivity index (χ1v) is 11.8. The van der Waals surface area contributed by atoms with Gasteiger partial charge in [-0.25, -0.2) is 0 Å². The molecule has 2 unspecified atom stereocenters. The molecule has 32 heavy (non-hydrogen) atoms. The predicted octanol–water partition coefficient (Wildman–Crippen LogP) is 3.53. The number of piperidine rings is 1. The maximum Gasteiger partial charge on any atom is 0.227 e. The van der Waals surface area contributed by atoms with Crippen LogP contribution in [0.2, 0.25) is 0 Å². The number of likely N-dealkylation sites (tertiary alicyclic amines) is 1. The first-order chi connectivity index (χ1) is 15.6. The Bertz CT molecular complexity index is 912. The van der Waals surface area contributed by atoms with Gasteiger partial charge < -0.3 is 15.5 Å². The number of benzene rings is 2. The summed E-state index contributed by atoms with van der Waals surface area (Å²) >= 11 is 0. The monoisotopic (exact) mass is 433 g/mol. The predicted molar refractivity (Wildman–Crippen MR) is 131 cm³/mol. The van der Waals surface area contributed by atoms with Crippen molar-refractivity contribution in [3.8, 4) is 0 Å². The summed E-state index contributed by atoms with van der Waals surface area (Å²) in [7, 11) is 1.82. The molecular weight excluding hydrogens is 398 g/mol. The number of carbonyl (C=O) groups is 1. The van der Waals surface area contributed by atoms with Crippen molar-refractivity contribution in [2.24, 2.45) is 4.99 Å². The minimum atomic E-state index is 0.226. The summed E-state index contributed by atoms with van der Waals surface area (Å²) < 4.78 is 0. The molecule has 0 radical (unpaired) electrons. The van der Waals surface area contributed by atoms with Gasteiger partial charge in [0.1, 0.15) is 0 Å². The molecule has 2 aliphatic heterocycles. The minimum absolute atomic E-state index is 0.226. The highest BCUT2D eigenvalue weighted by molar-refractivity contribution is 5.95. The molecule has 0 spiro atoms. The SMILES string of the molecule is CN=C(NCc1ccc(N2CCCC2=O)cc1)NC1CCN(Cc2ccccc2)C(C)C1. The number of aliphatic imine (C=N–C) groups is 1. The molecule has 4 rings (SSSR count). The number of anilines is 1. The van der Waals surface area contributed by atoms with Gasteiger partial charge in [0, 0.05) is 57.4 Å². The van der Waals surface area contributed by atoms with Crippen LogP contribution < -0.4 is 15.5 Å². The van der Waals surface area contributed by atoms with Crippen LogP contribution in [0.15, 0.2) is 59.6 Å². The lowest BCUT2D eigenvalue weighted by molar-refractivity contribution is -0.117. The second kappa shape index (κ2) is 10.6. The summed E-state index contributed by atoms with van der Waals surface area (Å²) in [6.45, 7) is 5.95. The van der Waals surface area contributed by atoms with E-state index in [2.05, 4.69) is 69.9 Å². The lowest BCUT2D eigenvalue weighted by Crippen LogP contribution is -2.51. The molecule has 2 fully saturated rings. The molecule has 2 heterocycles. The summed E-state index contributed by atoms with van der Waals surface area (Å²) in [5.74, 6) is 1.07. The van der Waals surface area contributed by atoms with Crippen LogP contribution in [0.1, 0.15) is 43.7 Å². The first-order valence-electron chi connectivity index (χ1n) is 11.8. The number of guanidine groups is 1. The van der Waals surface area contributed by atoms with Gasteiger partial charge in [0.2, 0.25) is 5.91 Å². The van der Waals surface area contributed by atoms with Gasteiger partial charge in [0.15, 0.2) is 5.96 Å². The van der Waals surface area contributed by atoms with Gasteiger partial charge in [-0.2, -0.15) is 0 Å². The normalized spacial score (nSPS) is 22.2. The van der Waals surface area contributed by atoms with Crippen molar-refractivity contribution in [1.29, 1.82) is 0 Å². The largest absolute Gasteiger partial charge is 0.354 e. The summed E-state index contributed by atoms with van der Waals surface area (Å²) in [4.78, 5) is 20.8. The molecule has 0 aliphatic carbocycles. The van der Waals surface area contributed by atoms with E-state index in [0.717, 1.165) is 50.5 Å². The fourth-order valence-electron chi connectivity index (χ4n) is 4.69. The first kappa shape index (κ1) is 22.3. The van der Waals surface area contributed by atoms with Crippen molar-refractivity contribution in [1.82, 2.24) is 15.5 Å². The van der Waals surface area contributed by atoms with Crippen LogP contribution in [0.4, 0.5) is 5.69 Å². The molecular formula is C26H35N5O. The summed E-state index contributed by atoms with van der Waals surface area (Å²) in [6.07, 6.45) is 3.82. The van der Waals surface area contributed by atoms with E-state index < -0.39 is 0 Å². The molecule has 2 aromatic carbocycles. The van der Waals surface area contributed by atoms with E-state index in [-0.39, 0.29) is 5.91 Å². The molecule has 2 atom stereocenters. The van der Waals surface area contributed by atoms with Crippen molar-refractivity contribution in [2.45, 2.75) is 57.8 Å². The zero-order valence-corrected chi connectivity index (χ0v) is 19.3. The van der Waals surface area contributed by atoms with Gasteiger partial charge >= 0.3 is 0 Å². The van der Waals surface area contributed by atoms with Gasteiger partial charge in [0.25, 0.3) is 0 Å². The highest BCUT2D eigenvalue weighted by atomic mass is 16.2. The van der Waals surface area contributed by atoms with E-state index in [4.69, 9.17) is 0 Å². The Kier molecular flexibility index (Phi) is 7.43. The Morgan fingerprint density at radius 2 is 1.84 bits per heavy atom. The molecule has 2 saturated heterocycles. The van der Waals surface area contributed by atoms with Crippen molar-refractivity contribution in [3.63, 3.8) is 0 Å². The Morgan fingerprint density at radius 1 is 1.06 bits per heavy atom. The van der Waals surface area contributed by atoms with Crippen molar-refractivity contribution in [2.75, 3.05) is 25.0 Å². The molecule has 0 aromatic heterocycles. The van der Waals surface area contributed by atoms with Crippen LogP contribution in [0.5, 0.6) is 0 Å². The van der Waals surface area contributed by atoms with Crippen LogP contribution in [-0.2, 0) is 17.9 Å². The number of amides is 1. The minimum Gasteiger partial charge on any atom is -0.354 e. The summed E-state index contributed by atoms with van der Waals surface area (Å²) in [5, 5.41) is 7.05. The Morgan fingerprint density at radius 3 is 2.50 bits per heavy atom. The molecule has 6 nitrogen and oxygen atoms in total. The van der Waals surface area contributed by atoms with Gasteiger partial charge in [-0.1, -0.05) is 42.5 Å². The maximum absolute atomic E-state index is 11.9. The van der Waals surface area contributed by atoms with Crippen molar-refractivity contribution < 1.29 is 4.79 Å². The summed E-state index contributed by atoms with van der Waals surface area (Å²) in [6, 6.07) is 19.9. The number of rotatable bonds is 6. The van der Waals surface area contributed by atoms with Crippen molar-refractivity contribution in [3.05, 3.63) is 65.7 Å². The molecule has 0 bridgehead atoms. The summed E-state index contributed by atoms with van der Waals surface area (Å²) in [5.41, 5.74) is 3.55. The average Bonchev–Trinajstić information content (AvgIpc) is 3.25. The topological polar surface area (TPSA) is 60.0 Å². The zero-order valence-electron chi connectivity index (χ0n) is 19.3. The van der Waals surface area contributed by atoms with E-state index in [1.54, 1.807) is 0 Å². The number of nitrogens with zero attached hydrogens (tertiary/aromatic N) is 3. The molecule has 1 amide bonds. The maximum atomic E-state index is 11.9. The van der Waals surface area contributed by atoms with E-state index in [1.165, 1.54) is 11.1 Å². The van der Waals surface area contributed by atoms with E-state index in [1.807, 2.05) is 24.1 Å². The Labute approximate surface area is 191 Å². The third kappa shape index (κ3) is 5.68. The molecule has 6 heteroatoms. The number of carbonyl (C=O) groups excluding carboxylic acids is 1. The van der Waals surface area contributed by atoms with Crippen LogP contribution in [0, 0.1) is 0 Å². The van der Waals surface area contributed by atoms with Crippen molar-refractivity contribution >= 4 is 17.6 Å². The molecule has 2 aromatic rings. The van der Waals surface area contributed by atoms with Gasteiger partial charge in [-0.05, 0) is 49.4 Å². The molecule has 170 valence electrons. The number of hydrogen-bond acceptors (Lipinski definition) is 3. The van der Waals surface area contributed by atoms with Gasteiger partial charge in [-0.3, -0.25) is 14.7 Å². The third-order valence-corrected chi connectivity index (χ3v) is 6.59. The second-order valence-corrected chi connectivity index (χ2v) is 8.91. The van der Waals surface area contributed by atoms with Crippen LogP contribution >= 0.6 is 0 Å². The van der Waals surface area contributed by atoms with E-state index in [9.17, 15) is 4.79 Å². The number of hydrogen-bond donors (Lipinski definition) is 2. The van der Waals surface area contributed by atoms with Gasteiger partial charge in [-0.15, -0.1) is 0 Å². The highest BCUT2D eigenvalue weighted by Crippen LogP contribution is 2.22. The fraction of sp³-hybridized carbons (Fsp3) is 0.462. The fourth-order valence-corrected chi connectivity index (χ4v) is 4.69. The molecule has 2 aliphatic rings.